The molecule has 2 aliphatic rings. The van der Waals surface area contributed by atoms with E-state index in [1.165, 1.54) is 38.5 Å². The van der Waals surface area contributed by atoms with Crippen molar-refractivity contribution in [3.8, 4) is 0 Å². The third kappa shape index (κ3) is 4.45. The van der Waals surface area contributed by atoms with E-state index in [0.717, 1.165) is 37.0 Å². The molecule has 0 aromatic heterocycles. The summed E-state index contributed by atoms with van der Waals surface area (Å²) in [7, 11) is 4.40. The van der Waals surface area contributed by atoms with Crippen LogP contribution in [-0.2, 0) is 4.79 Å². The molecule has 0 saturated heterocycles. The maximum Gasteiger partial charge on any atom is 0.123 e. The molecular formula is C17H29NO. The van der Waals surface area contributed by atoms with Crippen LogP contribution in [0.3, 0.4) is 0 Å². The van der Waals surface area contributed by atoms with Gasteiger partial charge in [-0.1, -0.05) is 12.2 Å². The second-order valence-electron chi connectivity index (χ2n) is 6.73. The minimum absolute atomic E-state index is 0.347. The van der Waals surface area contributed by atoms with E-state index in [1.807, 2.05) is 0 Å². The fraction of sp³-hybridized carbons (Fsp3) is 0.824. The molecule has 0 amide bonds. The van der Waals surface area contributed by atoms with Gasteiger partial charge in [-0.3, -0.25) is 0 Å². The Labute approximate surface area is 118 Å². The summed E-state index contributed by atoms with van der Waals surface area (Å²) in [6, 6.07) is 0.799. The highest BCUT2D eigenvalue weighted by Crippen LogP contribution is 2.31. The molecule has 2 nitrogen and oxygen atoms in total. The Morgan fingerprint density at radius 1 is 0.737 bits per heavy atom. The molecule has 2 heteroatoms. The molecule has 0 spiro atoms. The summed E-state index contributed by atoms with van der Waals surface area (Å²) >= 11 is 0. The number of aldehydes is 1. The van der Waals surface area contributed by atoms with Crippen LogP contribution in [0, 0.1) is 17.8 Å². The molecule has 2 rings (SSSR count). The number of nitrogens with zero attached hydrogens (tertiary/aromatic N) is 1. The largest absolute Gasteiger partial charge is 0.306 e. The molecule has 0 radical (unpaired) electrons. The van der Waals surface area contributed by atoms with Crippen molar-refractivity contribution in [2.24, 2.45) is 17.8 Å². The van der Waals surface area contributed by atoms with Gasteiger partial charge in [-0.15, -0.1) is 0 Å². The standard InChI is InChI=1S/C17H29NO/c1-18(2)17-11-9-15(10-12-17)4-3-14-5-7-16(13-19)8-6-14/h3-4,13-17H,5-12H2,1-2H3/b4-3+. The highest BCUT2D eigenvalue weighted by atomic mass is 16.1. The monoisotopic (exact) mass is 263 g/mol. The van der Waals surface area contributed by atoms with Crippen molar-refractivity contribution in [1.29, 1.82) is 0 Å². The molecule has 0 heterocycles. The zero-order chi connectivity index (χ0) is 13.7. The Morgan fingerprint density at radius 2 is 1.16 bits per heavy atom. The minimum Gasteiger partial charge on any atom is -0.306 e. The third-order valence-electron chi connectivity index (χ3n) is 5.14. The Kier molecular flexibility index (Phi) is 5.62. The number of carbonyl (C=O) groups is 1. The molecule has 19 heavy (non-hydrogen) atoms. The fourth-order valence-corrected chi connectivity index (χ4v) is 3.60. The van der Waals surface area contributed by atoms with Gasteiger partial charge in [0.05, 0.1) is 0 Å². The van der Waals surface area contributed by atoms with Crippen LogP contribution in [0.1, 0.15) is 51.4 Å². The first-order valence-corrected chi connectivity index (χ1v) is 7.99. The van der Waals surface area contributed by atoms with Gasteiger partial charge in [-0.2, -0.15) is 0 Å². The molecule has 0 bridgehead atoms. The Balaban J connectivity index is 1.70. The van der Waals surface area contributed by atoms with Crippen LogP contribution in [0.25, 0.3) is 0 Å². The zero-order valence-corrected chi connectivity index (χ0v) is 12.6. The lowest BCUT2D eigenvalue weighted by Crippen LogP contribution is -2.31. The molecule has 0 N–H and O–H groups in total. The SMILES string of the molecule is CN(C)C1CCC(/C=C/C2CCC(C=O)CC2)CC1. The van der Waals surface area contributed by atoms with Crippen LogP contribution in [0.4, 0.5) is 0 Å². The number of hydrogen-bond donors (Lipinski definition) is 0. The highest BCUT2D eigenvalue weighted by molar-refractivity contribution is 5.53. The smallest absolute Gasteiger partial charge is 0.123 e. The summed E-state index contributed by atoms with van der Waals surface area (Å²) in [5.41, 5.74) is 0. The van der Waals surface area contributed by atoms with E-state index in [0.29, 0.717) is 5.92 Å². The van der Waals surface area contributed by atoms with Crippen LogP contribution < -0.4 is 0 Å². The van der Waals surface area contributed by atoms with Gasteiger partial charge in [-0.25, -0.2) is 0 Å². The first-order valence-electron chi connectivity index (χ1n) is 7.99. The van der Waals surface area contributed by atoms with E-state index in [4.69, 9.17) is 0 Å². The van der Waals surface area contributed by atoms with Gasteiger partial charge in [0, 0.05) is 12.0 Å². The molecule has 2 saturated carbocycles. The van der Waals surface area contributed by atoms with Crippen LogP contribution in [0.2, 0.25) is 0 Å². The van der Waals surface area contributed by atoms with Gasteiger partial charge >= 0.3 is 0 Å². The van der Waals surface area contributed by atoms with Crippen molar-refractivity contribution >= 4 is 6.29 Å². The summed E-state index contributed by atoms with van der Waals surface area (Å²) in [6.07, 6.45) is 16.1. The molecule has 2 fully saturated rings. The predicted molar refractivity (Wildman–Crippen MR) is 80.1 cm³/mol. The van der Waals surface area contributed by atoms with Gasteiger partial charge in [0.25, 0.3) is 0 Å². The van der Waals surface area contributed by atoms with Crippen molar-refractivity contribution in [3.05, 3.63) is 12.2 Å². The number of hydrogen-bond acceptors (Lipinski definition) is 2. The van der Waals surface area contributed by atoms with Crippen molar-refractivity contribution < 1.29 is 4.79 Å². The summed E-state index contributed by atoms with van der Waals surface area (Å²) in [6.45, 7) is 0. The lowest BCUT2D eigenvalue weighted by atomic mass is 9.80. The molecule has 2 aliphatic carbocycles. The van der Waals surface area contributed by atoms with E-state index in [-0.39, 0.29) is 0 Å². The van der Waals surface area contributed by atoms with Crippen LogP contribution in [0.15, 0.2) is 12.2 Å². The van der Waals surface area contributed by atoms with Gasteiger partial charge in [0.2, 0.25) is 0 Å². The summed E-state index contributed by atoms with van der Waals surface area (Å²) in [4.78, 5) is 13.1. The summed E-state index contributed by atoms with van der Waals surface area (Å²) < 4.78 is 0. The van der Waals surface area contributed by atoms with Crippen molar-refractivity contribution in [1.82, 2.24) is 4.90 Å². The van der Waals surface area contributed by atoms with Crippen molar-refractivity contribution in [2.45, 2.75) is 57.4 Å². The highest BCUT2D eigenvalue weighted by Gasteiger charge is 2.22. The average molecular weight is 263 g/mol. The van der Waals surface area contributed by atoms with Crippen molar-refractivity contribution in [2.75, 3.05) is 14.1 Å². The average Bonchev–Trinajstić information content (AvgIpc) is 2.46. The van der Waals surface area contributed by atoms with Crippen LogP contribution in [-0.4, -0.2) is 31.3 Å². The molecule has 0 atom stereocenters. The maximum atomic E-state index is 10.7. The first-order chi connectivity index (χ1) is 9.19. The van der Waals surface area contributed by atoms with E-state index in [2.05, 4.69) is 31.1 Å². The normalized spacial score (nSPS) is 36.8. The maximum absolute atomic E-state index is 10.7. The van der Waals surface area contributed by atoms with Crippen LogP contribution >= 0.6 is 0 Å². The Hall–Kier alpha value is -0.630. The van der Waals surface area contributed by atoms with Gasteiger partial charge in [0.1, 0.15) is 6.29 Å². The second kappa shape index (κ2) is 7.23. The van der Waals surface area contributed by atoms with E-state index < -0.39 is 0 Å². The number of allylic oxidation sites excluding steroid dienone is 2. The molecule has 0 unspecified atom stereocenters. The number of carbonyl (C=O) groups excluding carboxylic acids is 1. The molecule has 108 valence electrons. The predicted octanol–water partition coefficient (Wildman–Crippen LogP) is 3.67. The summed E-state index contributed by atoms with van der Waals surface area (Å²) in [5.74, 6) is 1.89. The third-order valence-corrected chi connectivity index (χ3v) is 5.14. The van der Waals surface area contributed by atoms with E-state index >= 15 is 0 Å². The topological polar surface area (TPSA) is 20.3 Å². The fourth-order valence-electron chi connectivity index (χ4n) is 3.60. The molecule has 0 aromatic carbocycles. The number of rotatable bonds is 4. The molecule has 0 aromatic rings. The lowest BCUT2D eigenvalue weighted by Gasteiger charge is -2.31. The molecular weight excluding hydrogens is 234 g/mol. The Bertz CT molecular complexity index is 294. The van der Waals surface area contributed by atoms with Crippen LogP contribution in [0.5, 0.6) is 0 Å². The minimum atomic E-state index is 0.347. The Morgan fingerprint density at radius 3 is 1.58 bits per heavy atom. The van der Waals surface area contributed by atoms with E-state index in [1.54, 1.807) is 0 Å². The van der Waals surface area contributed by atoms with Gasteiger partial charge < -0.3 is 9.69 Å². The first kappa shape index (κ1) is 14.8. The quantitative estimate of drug-likeness (QED) is 0.570. The van der Waals surface area contributed by atoms with Gasteiger partial charge in [-0.05, 0) is 77.3 Å². The lowest BCUT2D eigenvalue weighted by molar-refractivity contribution is -0.112. The molecule has 0 aliphatic heterocycles. The zero-order valence-electron chi connectivity index (χ0n) is 12.6. The van der Waals surface area contributed by atoms with E-state index in [9.17, 15) is 4.79 Å². The second-order valence-corrected chi connectivity index (χ2v) is 6.73. The van der Waals surface area contributed by atoms with Gasteiger partial charge in [0.15, 0.2) is 0 Å². The van der Waals surface area contributed by atoms with Crippen molar-refractivity contribution in [3.63, 3.8) is 0 Å². The summed E-state index contributed by atoms with van der Waals surface area (Å²) in [5, 5.41) is 0.